The number of aryl methyl sites for hydroxylation is 1. The van der Waals surface area contributed by atoms with Gasteiger partial charge in [-0.3, -0.25) is 9.59 Å². The molecule has 2 fully saturated rings. The van der Waals surface area contributed by atoms with Crippen LogP contribution in [-0.2, 0) is 25.5 Å². The van der Waals surface area contributed by atoms with E-state index in [4.69, 9.17) is 13.9 Å². The number of nitrogens with one attached hydrogen (secondary N) is 1. The number of esters is 1. The molecule has 1 aliphatic carbocycles. The lowest BCUT2D eigenvalue weighted by atomic mass is 9.87. The molecule has 11 heteroatoms. The Kier molecular flexibility index (Phi) is 8.30. The van der Waals surface area contributed by atoms with Crippen molar-refractivity contribution in [1.29, 1.82) is 0 Å². The molecule has 2 aliphatic rings. The van der Waals surface area contributed by atoms with Gasteiger partial charge in [-0.05, 0) is 62.4 Å². The first kappa shape index (κ1) is 27.9. The average molecular weight is 560 g/mol. The number of methoxy groups -OCH3 is 1. The van der Waals surface area contributed by atoms with Gasteiger partial charge >= 0.3 is 5.97 Å². The topological polar surface area (TPSA) is 93.9 Å². The quantitative estimate of drug-likeness (QED) is 0.370. The number of hydrogen-bond donors (Lipinski definition) is 1. The summed E-state index contributed by atoms with van der Waals surface area (Å²) in [6, 6.07) is 6.78. The average Bonchev–Trinajstić information content (AvgIpc) is 3.53. The number of rotatable bonds is 8. The third kappa shape index (κ3) is 6.09. The number of alkyl halides is 1. The van der Waals surface area contributed by atoms with Crippen molar-refractivity contribution in [2.75, 3.05) is 25.6 Å². The van der Waals surface area contributed by atoms with Crippen LogP contribution in [0, 0.1) is 24.5 Å². The molecule has 2 heterocycles. The third-order valence-electron chi connectivity index (χ3n) is 7.77. The molecule has 2 atom stereocenters. The van der Waals surface area contributed by atoms with Crippen LogP contribution in [0.5, 0.6) is 0 Å². The maximum atomic E-state index is 15.4. The number of likely N-dealkylation sites (tertiary alicyclic amines) is 1. The Labute approximate surface area is 229 Å². The highest BCUT2D eigenvalue weighted by Gasteiger charge is 2.37. The van der Waals surface area contributed by atoms with Gasteiger partial charge in [0.1, 0.15) is 17.5 Å². The van der Waals surface area contributed by atoms with Gasteiger partial charge in [0.15, 0.2) is 11.4 Å². The fraction of sp³-hybridized carbons (Fsp3) is 0.483. The standard InChI is InChI=1S/C29H32F3N3O5/c1-16-11-19(30)6-10-23(16)33-29-34-24-9-5-18(26(32)27(24)40-29)12-25(36)35-14-20(31)13-21(35)15-39-22-7-3-17(4-8-22)28(37)38-2/h5-6,9-11,17,20-22H,3-4,7-8,12-15H2,1-2H3,(H,33,34)/t17-,20-,21-,22-/m0/s1. The highest BCUT2D eigenvalue weighted by Crippen LogP contribution is 2.31. The maximum absolute atomic E-state index is 15.4. The summed E-state index contributed by atoms with van der Waals surface area (Å²) in [5.41, 5.74) is 1.44. The first-order chi connectivity index (χ1) is 19.2. The van der Waals surface area contributed by atoms with Crippen LogP contribution < -0.4 is 5.32 Å². The molecule has 1 N–H and O–H groups in total. The van der Waals surface area contributed by atoms with Gasteiger partial charge in [-0.15, -0.1) is 0 Å². The number of fused-ring (bicyclic) bond motifs is 1. The van der Waals surface area contributed by atoms with Gasteiger partial charge in [-0.2, -0.15) is 4.98 Å². The van der Waals surface area contributed by atoms with Crippen molar-refractivity contribution in [3.63, 3.8) is 0 Å². The minimum absolute atomic E-state index is 0.0322. The van der Waals surface area contributed by atoms with Gasteiger partial charge in [0.05, 0.1) is 44.7 Å². The Morgan fingerprint density at radius 1 is 1.15 bits per heavy atom. The Morgan fingerprint density at radius 2 is 1.93 bits per heavy atom. The summed E-state index contributed by atoms with van der Waals surface area (Å²) in [6.07, 6.45) is 1.36. The van der Waals surface area contributed by atoms with Crippen LogP contribution >= 0.6 is 0 Å². The number of halogens is 3. The molecule has 214 valence electrons. The Bertz CT molecular complexity index is 1390. The molecular formula is C29H32F3N3O5. The van der Waals surface area contributed by atoms with Crippen molar-refractivity contribution in [1.82, 2.24) is 9.88 Å². The number of benzene rings is 2. The summed E-state index contributed by atoms with van der Waals surface area (Å²) in [7, 11) is 1.38. The van der Waals surface area contributed by atoms with Crippen LogP contribution in [0.3, 0.4) is 0 Å². The lowest BCUT2D eigenvalue weighted by Gasteiger charge is -2.30. The molecule has 1 saturated carbocycles. The zero-order chi connectivity index (χ0) is 28.4. The predicted octanol–water partition coefficient (Wildman–Crippen LogP) is 5.39. The smallest absolute Gasteiger partial charge is 0.308 e. The summed E-state index contributed by atoms with van der Waals surface area (Å²) in [4.78, 5) is 30.6. The number of aromatic nitrogens is 1. The Hall–Kier alpha value is -3.60. The molecule has 0 bridgehead atoms. The van der Waals surface area contributed by atoms with Crippen molar-refractivity contribution in [3.05, 3.63) is 53.1 Å². The molecule has 0 spiro atoms. The predicted molar refractivity (Wildman–Crippen MR) is 141 cm³/mol. The molecule has 8 nitrogen and oxygen atoms in total. The van der Waals surface area contributed by atoms with E-state index < -0.39 is 23.9 Å². The number of nitrogens with zero attached hydrogens (tertiary/aromatic N) is 2. The van der Waals surface area contributed by atoms with E-state index >= 15 is 4.39 Å². The lowest BCUT2D eigenvalue weighted by molar-refractivity contribution is -0.148. The number of oxazole rings is 1. The molecule has 1 amide bonds. The van der Waals surface area contributed by atoms with E-state index in [0.29, 0.717) is 36.9 Å². The molecular weight excluding hydrogens is 527 g/mol. The molecule has 1 saturated heterocycles. The van der Waals surface area contributed by atoms with Gasteiger partial charge in [-0.1, -0.05) is 6.07 Å². The molecule has 1 aromatic heterocycles. The van der Waals surface area contributed by atoms with Gasteiger partial charge in [0, 0.05) is 17.7 Å². The van der Waals surface area contributed by atoms with Crippen LogP contribution in [0.1, 0.15) is 43.2 Å². The highest BCUT2D eigenvalue weighted by molar-refractivity contribution is 5.83. The van der Waals surface area contributed by atoms with E-state index in [2.05, 4.69) is 10.3 Å². The SMILES string of the molecule is COC(=O)[C@H]1CC[C@H](OC[C@@H]2C[C@H](F)CN2C(=O)Cc2ccc3nc(Nc4ccc(F)cc4C)oc3c2F)CC1. The van der Waals surface area contributed by atoms with E-state index in [9.17, 15) is 18.4 Å². The van der Waals surface area contributed by atoms with Crippen LogP contribution in [0.15, 0.2) is 34.7 Å². The number of carbonyl (C=O) groups is 2. The lowest BCUT2D eigenvalue weighted by Crippen LogP contribution is -2.40. The van der Waals surface area contributed by atoms with Crippen LogP contribution in [0.2, 0.25) is 0 Å². The number of carbonyl (C=O) groups excluding carboxylic acids is 2. The van der Waals surface area contributed by atoms with Gasteiger partial charge in [0.25, 0.3) is 6.01 Å². The first-order valence-corrected chi connectivity index (χ1v) is 13.5. The van der Waals surface area contributed by atoms with Crippen LogP contribution in [0.4, 0.5) is 24.9 Å². The summed E-state index contributed by atoms with van der Waals surface area (Å²) in [5, 5.41) is 2.92. The minimum atomic E-state index is -1.18. The van der Waals surface area contributed by atoms with Crippen molar-refractivity contribution in [2.45, 2.75) is 63.8 Å². The van der Waals surface area contributed by atoms with E-state index in [1.807, 2.05) is 0 Å². The molecule has 40 heavy (non-hydrogen) atoms. The molecule has 3 aromatic rings. The zero-order valence-corrected chi connectivity index (χ0v) is 22.4. The van der Waals surface area contributed by atoms with Crippen LogP contribution in [0.25, 0.3) is 11.1 Å². The monoisotopic (exact) mass is 559 g/mol. The van der Waals surface area contributed by atoms with E-state index in [-0.39, 0.29) is 72.5 Å². The Morgan fingerprint density at radius 3 is 2.65 bits per heavy atom. The normalized spacial score (nSPS) is 23.0. The first-order valence-electron chi connectivity index (χ1n) is 13.5. The second kappa shape index (κ2) is 11.9. The summed E-state index contributed by atoms with van der Waals surface area (Å²) >= 11 is 0. The van der Waals surface area contributed by atoms with Gasteiger partial charge < -0.3 is 24.1 Å². The number of amides is 1. The fourth-order valence-corrected chi connectivity index (χ4v) is 5.54. The van der Waals surface area contributed by atoms with Crippen molar-refractivity contribution in [3.8, 4) is 0 Å². The van der Waals surface area contributed by atoms with Crippen molar-refractivity contribution >= 4 is 34.7 Å². The van der Waals surface area contributed by atoms with Gasteiger partial charge in [-0.25, -0.2) is 13.2 Å². The molecule has 2 aromatic carbocycles. The van der Waals surface area contributed by atoms with E-state index in [1.165, 1.54) is 36.3 Å². The van der Waals surface area contributed by atoms with Crippen LogP contribution in [-0.4, -0.2) is 60.3 Å². The second-order valence-corrected chi connectivity index (χ2v) is 10.5. The molecule has 0 radical (unpaired) electrons. The van der Waals surface area contributed by atoms with E-state index in [0.717, 1.165) is 0 Å². The molecule has 5 rings (SSSR count). The summed E-state index contributed by atoms with van der Waals surface area (Å²) in [5.74, 6) is -1.83. The largest absolute Gasteiger partial charge is 0.469 e. The number of ether oxygens (including phenoxy) is 2. The number of anilines is 2. The van der Waals surface area contributed by atoms with Crippen molar-refractivity contribution in [2.24, 2.45) is 5.92 Å². The third-order valence-corrected chi connectivity index (χ3v) is 7.77. The molecule has 0 unspecified atom stereocenters. The van der Waals surface area contributed by atoms with Crippen molar-refractivity contribution < 1.29 is 36.7 Å². The Balaban J connectivity index is 1.21. The number of hydrogen-bond acceptors (Lipinski definition) is 7. The maximum Gasteiger partial charge on any atom is 0.308 e. The summed E-state index contributed by atoms with van der Waals surface area (Å²) in [6.45, 7) is 1.83. The highest BCUT2D eigenvalue weighted by atomic mass is 19.1. The van der Waals surface area contributed by atoms with Gasteiger partial charge in [0.2, 0.25) is 5.91 Å². The summed E-state index contributed by atoms with van der Waals surface area (Å²) < 4.78 is 59.5. The fourth-order valence-electron chi connectivity index (χ4n) is 5.54. The molecule has 1 aliphatic heterocycles. The zero-order valence-electron chi connectivity index (χ0n) is 22.4. The van der Waals surface area contributed by atoms with E-state index in [1.54, 1.807) is 13.0 Å². The second-order valence-electron chi connectivity index (χ2n) is 10.5. The minimum Gasteiger partial charge on any atom is -0.469 e.